The largest absolute Gasteiger partial charge is 0.491 e. The van der Waals surface area contributed by atoms with Gasteiger partial charge in [0.2, 0.25) is 0 Å². The third kappa shape index (κ3) is 6.20. The second-order valence-corrected chi connectivity index (χ2v) is 10.8. The van der Waals surface area contributed by atoms with E-state index in [1.165, 1.54) is 16.8 Å². The van der Waals surface area contributed by atoms with E-state index in [2.05, 4.69) is 76.8 Å². The van der Waals surface area contributed by atoms with E-state index in [1.54, 1.807) is 0 Å². The molecule has 1 N–H and O–H groups in total. The fourth-order valence-corrected chi connectivity index (χ4v) is 5.36. The Morgan fingerprint density at radius 2 is 1.72 bits per heavy atom. The van der Waals surface area contributed by atoms with Gasteiger partial charge in [0, 0.05) is 41.1 Å². The Balaban J connectivity index is 1.40. The van der Waals surface area contributed by atoms with Crippen LogP contribution in [0.15, 0.2) is 94.4 Å². The Hall–Kier alpha value is -3.97. The lowest BCUT2D eigenvalue weighted by atomic mass is 9.94. The molecule has 4 aromatic rings. The number of benzene rings is 3. The molecule has 39 heavy (non-hydrogen) atoms. The van der Waals surface area contributed by atoms with Gasteiger partial charge in [-0.1, -0.05) is 61.9 Å². The van der Waals surface area contributed by atoms with Crippen LogP contribution in [0.3, 0.4) is 0 Å². The van der Waals surface area contributed by atoms with Crippen LogP contribution < -0.4 is 14.5 Å². The first-order valence-electron chi connectivity index (χ1n) is 13.5. The van der Waals surface area contributed by atoms with Crippen LogP contribution in [0.1, 0.15) is 46.1 Å². The van der Waals surface area contributed by atoms with Crippen molar-refractivity contribution in [2.24, 2.45) is 4.99 Å². The number of nitrogens with zero attached hydrogens (tertiary/aromatic N) is 3. The summed E-state index contributed by atoms with van der Waals surface area (Å²) in [6, 6.07) is 24.9. The van der Waals surface area contributed by atoms with Gasteiger partial charge in [-0.25, -0.2) is 0 Å². The summed E-state index contributed by atoms with van der Waals surface area (Å²) in [5.41, 5.74) is 7.80. The number of allylic oxidation sites excluding steroid dienone is 1. The first-order chi connectivity index (χ1) is 18.9. The lowest BCUT2D eigenvalue weighted by Crippen LogP contribution is -2.33. The molecule has 0 radical (unpaired) electrons. The summed E-state index contributed by atoms with van der Waals surface area (Å²) in [7, 11) is 0. The van der Waals surface area contributed by atoms with Crippen LogP contribution in [-0.4, -0.2) is 27.3 Å². The van der Waals surface area contributed by atoms with Crippen molar-refractivity contribution >= 4 is 22.9 Å². The summed E-state index contributed by atoms with van der Waals surface area (Å²) in [4.78, 5) is 21.7. The molecule has 0 bridgehead atoms. The fourth-order valence-electron chi connectivity index (χ4n) is 4.90. The van der Waals surface area contributed by atoms with E-state index in [9.17, 15) is 4.79 Å². The summed E-state index contributed by atoms with van der Waals surface area (Å²) in [5, 5.41) is 0. The Labute approximate surface area is 233 Å². The van der Waals surface area contributed by atoms with Crippen molar-refractivity contribution in [3.05, 3.63) is 99.8 Å². The molecule has 1 aliphatic heterocycles. The highest BCUT2D eigenvalue weighted by molar-refractivity contribution is 7.03. The molecule has 1 unspecified atom stereocenters. The molecule has 6 nitrogen and oxygen atoms in total. The lowest BCUT2D eigenvalue weighted by molar-refractivity contribution is 0.242. The van der Waals surface area contributed by atoms with Crippen molar-refractivity contribution in [3.63, 3.8) is 0 Å². The zero-order chi connectivity index (χ0) is 27.4. The number of anilines is 1. The van der Waals surface area contributed by atoms with E-state index in [4.69, 9.17) is 9.73 Å². The van der Waals surface area contributed by atoms with Crippen LogP contribution in [0.25, 0.3) is 22.5 Å². The standard InChI is InChI=1S/C32H34N4O2S/c1-5-8-30-25(20-36(22(4)33-30)26-15-17-27(18-16-26)38-21(2)3)19-23-11-13-24(14-12-23)28-9-6-7-10-29(28)31-34-32(37)39-35-31/h6-7,9-18,20-22H,5,8,19H2,1-4H3,(H,34,35,37). The quantitative estimate of drug-likeness (QED) is 0.240. The predicted molar refractivity (Wildman–Crippen MR) is 162 cm³/mol. The van der Waals surface area contributed by atoms with E-state index in [-0.39, 0.29) is 17.1 Å². The van der Waals surface area contributed by atoms with Crippen molar-refractivity contribution in [3.8, 4) is 28.3 Å². The number of aromatic amines is 1. The number of ether oxygens (including phenoxy) is 1. The van der Waals surface area contributed by atoms with E-state index >= 15 is 0 Å². The summed E-state index contributed by atoms with van der Waals surface area (Å²) in [5.74, 6) is 1.48. The van der Waals surface area contributed by atoms with Crippen LogP contribution in [0.2, 0.25) is 0 Å². The molecule has 3 aromatic carbocycles. The molecule has 0 amide bonds. The number of rotatable bonds is 9. The average Bonchev–Trinajstić information content (AvgIpc) is 3.37. The molecule has 0 spiro atoms. The Kier molecular flexibility index (Phi) is 8.07. The van der Waals surface area contributed by atoms with E-state index in [0.29, 0.717) is 5.82 Å². The predicted octanol–water partition coefficient (Wildman–Crippen LogP) is 7.49. The smallest absolute Gasteiger partial charge is 0.323 e. The maximum absolute atomic E-state index is 11.7. The fraction of sp³-hybridized carbons (Fsp3) is 0.281. The molecule has 0 aliphatic carbocycles. The first kappa shape index (κ1) is 26.6. The van der Waals surface area contributed by atoms with Gasteiger partial charge < -0.3 is 9.64 Å². The number of H-pyrrole nitrogens is 1. The average molecular weight is 539 g/mol. The van der Waals surface area contributed by atoms with Gasteiger partial charge in [-0.3, -0.25) is 14.8 Å². The first-order valence-corrected chi connectivity index (χ1v) is 14.3. The number of aromatic nitrogens is 2. The van der Waals surface area contributed by atoms with Gasteiger partial charge >= 0.3 is 4.87 Å². The van der Waals surface area contributed by atoms with Gasteiger partial charge in [-0.15, -0.1) is 0 Å². The van der Waals surface area contributed by atoms with Crippen LogP contribution in [-0.2, 0) is 6.42 Å². The maximum Gasteiger partial charge on any atom is 0.323 e. The van der Waals surface area contributed by atoms with Crippen molar-refractivity contribution in [1.82, 2.24) is 9.36 Å². The molecule has 1 aromatic heterocycles. The number of hydrogen-bond acceptors (Lipinski definition) is 6. The third-order valence-electron chi connectivity index (χ3n) is 6.69. The Bertz CT molecular complexity index is 1530. The minimum atomic E-state index is -0.149. The molecular formula is C32H34N4O2S. The zero-order valence-electron chi connectivity index (χ0n) is 22.8. The maximum atomic E-state index is 11.7. The number of hydrogen-bond donors (Lipinski definition) is 1. The van der Waals surface area contributed by atoms with Crippen molar-refractivity contribution in [2.75, 3.05) is 4.90 Å². The SMILES string of the molecule is CCCC1=NC(C)N(c2ccc(OC(C)C)cc2)C=C1Cc1ccc(-c2ccccc2-c2nsc(=O)[nH]2)cc1. The highest BCUT2D eigenvalue weighted by Crippen LogP contribution is 2.32. The summed E-state index contributed by atoms with van der Waals surface area (Å²) < 4.78 is 10.1. The topological polar surface area (TPSA) is 70.6 Å². The molecule has 1 aliphatic rings. The van der Waals surface area contributed by atoms with Crippen molar-refractivity contribution in [1.29, 1.82) is 0 Å². The van der Waals surface area contributed by atoms with Crippen LogP contribution in [0, 0.1) is 0 Å². The molecule has 2 heterocycles. The molecule has 0 saturated carbocycles. The van der Waals surface area contributed by atoms with E-state index in [0.717, 1.165) is 58.9 Å². The third-order valence-corrected chi connectivity index (χ3v) is 7.23. The van der Waals surface area contributed by atoms with Crippen LogP contribution >= 0.6 is 11.5 Å². The second kappa shape index (κ2) is 11.8. The number of aliphatic imine (C=N–C) groups is 1. The van der Waals surface area contributed by atoms with Crippen LogP contribution in [0.5, 0.6) is 5.75 Å². The Morgan fingerprint density at radius 3 is 2.36 bits per heavy atom. The van der Waals surface area contributed by atoms with Gasteiger partial charge in [0.25, 0.3) is 0 Å². The van der Waals surface area contributed by atoms with Crippen molar-refractivity contribution < 1.29 is 4.74 Å². The summed E-state index contributed by atoms with van der Waals surface area (Å²) in [6.45, 7) is 8.41. The zero-order valence-corrected chi connectivity index (χ0v) is 23.7. The summed E-state index contributed by atoms with van der Waals surface area (Å²) in [6.07, 6.45) is 5.26. The molecule has 0 fully saturated rings. The van der Waals surface area contributed by atoms with Gasteiger partial charge in [-0.05, 0) is 73.7 Å². The lowest BCUT2D eigenvalue weighted by Gasteiger charge is -2.32. The van der Waals surface area contributed by atoms with Crippen LogP contribution in [0.4, 0.5) is 5.69 Å². The van der Waals surface area contributed by atoms with Gasteiger partial charge in [-0.2, -0.15) is 4.37 Å². The van der Waals surface area contributed by atoms with Gasteiger partial charge in [0.1, 0.15) is 11.9 Å². The normalized spacial score (nSPS) is 15.3. The molecule has 0 saturated heterocycles. The summed E-state index contributed by atoms with van der Waals surface area (Å²) >= 11 is 0.942. The van der Waals surface area contributed by atoms with E-state index in [1.807, 2.05) is 44.2 Å². The molecule has 7 heteroatoms. The highest BCUT2D eigenvalue weighted by atomic mass is 32.1. The minimum absolute atomic E-state index is 0.0307. The van der Waals surface area contributed by atoms with Crippen molar-refractivity contribution in [2.45, 2.75) is 59.2 Å². The molecular weight excluding hydrogens is 504 g/mol. The molecule has 200 valence electrons. The minimum Gasteiger partial charge on any atom is -0.491 e. The highest BCUT2D eigenvalue weighted by Gasteiger charge is 2.21. The van der Waals surface area contributed by atoms with Gasteiger partial charge in [0.15, 0.2) is 5.82 Å². The van der Waals surface area contributed by atoms with E-state index < -0.39 is 0 Å². The van der Waals surface area contributed by atoms with Gasteiger partial charge in [0.05, 0.1) is 6.10 Å². The Morgan fingerprint density at radius 1 is 1.00 bits per heavy atom. The molecule has 1 atom stereocenters. The number of nitrogens with one attached hydrogen (secondary N) is 1. The second-order valence-electron chi connectivity index (χ2n) is 10.0. The monoisotopic (exact) mass is 538 g/mol. The molecule has 5 rings (SSSR count).